The van der Waals surface area contributed by atoms with Crippen molar-refractivity contribution < 1.29 is 26.3 Å². The normalized spacial score (nSPS) is 12.3. The van der Waals surface area contributed by atoms with Gasteiger partial charge in [0.2, 0.25) is 0 Å². The maximum Gasteiger partial charge on any atom is 0.417 e. The maximum atomic E-state index is 13.3. The Morgan fingerprint density at radius 1 is 0.556 bits per heavy atom. The number of halogens is 6. The number of rotatable bonds is 2. The fourth-order valence-electron chi connectivity index (χ4n) is 2.96. The van der Waals surface area contributed by atoms with Gasteiger partial charge in [0, 0.05) is 0 Å². The highest BCUT2D eigenvalue weighted by Gasteiger charge is 2.34. The Bertz CT molecular complexity index is 950. The van der Waals surface area contributed by atoms with Crippen LogP contribution in [0.25, 0.3) is 22.3 Å². The van der Waals surface area contributed by atoms with E-state index in [4.69, 9.17) is 0 Å². The molecule has 0 aromatic heterocycles. The Morgan fingerprint density at radius 3 is 1.56 bits per heavy atom. The molecule has 3 aromatic carbocycles. The molecule has 140 valence electrons. The standard InChI is InChI=1S/C21H14F6/c1-13-6-11-17(19(12-13)21(25,26)27)15-9-7-14(8-10-15)16-4-2-3-5-18(16)20(22,23)24/h2-12H,1H3. The van der Waals surface area contributed by atoms with Gasteiger partial charge in [-0.1, -0.05) is 60.2 Å². The van der Waals surface area contributed by atoms with Gasteiger partial charge in [-0.3, -0.25) is 0 Å². The van der Waals surface area contributed by atoms with E-state index in [0.29, 0.717) is 5.56 Å². The first kappa shape index (κ1) is 19.0. The van der Waals surface area contributed by atoms with Crippen molar-refractivity contribution in [1.82, 2.24) is 0 Å². The summed E-state index contributed by atoms with van der Waals surface area (Å²) in [5.41, 5.74) is -0.542. The van der Waals surface area contributed by atoms with Crippen molar-refractivity contribution in [2.75, 3.05) is 0 Å². The molecule has 3 aromatic rings. The van der Waals surface area contributed by atoms with Crippen molar-refractivity contribution >= 4 is 0 Å². The van der Waals surface area contributed by atoms with E-state index in [2.05, 4.69) is 0 Å². The Hall–Kier alpha value is -2.76. The second-order valence-electron chi connectivity index (χ2n) is 6.17. The van der Waals surface area contributed by atoms with Crippen LogP contribution in [0.5, 0.6) is 0 Å². The topological polar surface area (TPSA) is 0 Å². The summed E-state index contributed by atoms with van der Waals surface area (Å²) < 4.78 is 79.5. The Balaban J connectivity index is 2.07. The van der Waals surface area contributed by atoms with E-state index in [1.165, 1.54) is 48.5 Å². The van der Waals surface area contributed by atoms with Crippen molar-refractivity contribution in [3.63, 3.8) is 0 Å². The largest absolute Gasteiger partial charge is 0.417 e. The molecule has 0 amide bonds. The van der Waals surface area contributed by atoms with E-state index in [1.54, 1.807) is 13.0 Å². The van der Waals surface area contributed by atoms with Crippen LogP contribution in [0.4, 0.5) is 26.3 Å². The van der Waals surface area contributed by atoms with Gasteiger partial charge in [-0.15, -0.1) is 0 Å². The minimum absolute atomic E-state index is 0.0104. The predicted molar refractivity (Wildman–Crippen MR) is 92.1 cm³/mol. The number of aryl methyl sites for hydroxylation is 1. The smallest absolute Gasteiger partial charge is 0.166 e. The summed E-state index contributed by atoms with van der Waals surface area (Å²) in [7, 11) is 0. The molecule has 0 fully saturated rings. The first-order valence-corrected chi connectivity index (χ1v) is 8.02. The van der Waals surface area contributed by atoms with E-state index in [-0.39, 0.29) is 22.3 Å². The number of alkyl halides is 6. The zero-order chi connectivity index (χ0) is 19.8. The Morgan fingerprint density at radius 2 is 1.04 bits per heavy atom. The highest BCUT2D eigenvalue weighted by Crippen LogP contribution is 2.40. The van der Waals surface area contributed by atoms with E-state index in [0.717, 1.165) is 12.1 Å². The van der Waals surface area contributed by atoms with Crippen LogP contribution in [0.2, 0.25) is 0 Å². The number of hydrogen-bond acceptors (Lipinski definition) is 0. The predicted octanol–water partition coefficient (Wildman–Crippen LogP) is 7.37. The van der Waals surface area contributed by atoms with Gasteiger partial charge in [0.15, 0.2) is 0 Å². The molecule has 3 rings (SSSR count). The van der Waals surface area contributed by atoms with Gasteiger partial charge in [-0.2, -0.15) is 26.3 Å². The van der Waals surface area contributed by atoms with Crippen LogP contribution in [-0.4, -0.2) is 0 Å². The van der Waals surface area contributed by atoms with Crippen LogP contribution in [0, 0.1) is 6.92 Å². The highest BCUT2D eigenvalue weighted by atomic mass is 19.4. The van der Waals surface area contributed by atoms with Crippen molar-refractivity contribution in [2.45, 2.75) is 19.3 Å². The van der Waals surface area contributed by atoms with Gasteiger partial charge in [0.05, 0.1) is 11.1 Å². The minimum atomic E-state index is -4.52. The molecular weight excluding hydrogens is 366 g/mol. The van der Waals surface area contributed by atoms with Crippen molar-refractivity contribution in [1.29, 1.82) is 0 Å². The molecule has 0 saturated carbocycles. The lowest BCUT2D eigenvalue weighted by atomic mass is 9.94. The number of benzene rings is 3. The molecule has 0 aliphatic carbocycles. The molecule has 6 heteroatoms. The molecule has 0 aliphatic rings. The SMILES string of the molecule is Cc1ccc(-c2ccc(-c3ccccc3C(F)(F)F)cc2)c(C(F)(F)F)c1. The molecule has 0 aliphatic heterocycles. The molecule has 0 radical (unpaired) electrons. The van der Waals surface area contributed by atoms with Crippen LogP contribution in [-0.2, 0) is 12.4 Å². The lowest BCUT2D eigenvalue weighted by Gasteiger charge is -2.15. The van der Waals surface area contributed by atoms with Crippen LogP contribution in [0.3, 0.4) is 0 Å². The minimum Gasteiger partial charge on any atom is -0.166 e. The van der Waals surface area contributed by atoms with Crippen LogP contribution >= 0.6 is 0 Å². The van der Waals surface area contributed by atoms with Gasteiger partial charge in [0.25, 0.3) is 0 Å². The third-order valence-electron chi connectivity index (χ3n) is 4.22. The first-order valence-electron chi connectivity index (χ1n) is 8.02. The fourth-order valence-corrected chi connectivity index (χ4v) is 2.96. The number of hydrogen-bond donors (Lipinski definition) is 0. The van der Waals surface area contributed by atoms with E-state index < -0.39 is 23.5 Å². The molecule has 0 atom stereocenters. The van der Waals surface area contributed by atoms with Gasteiger partial charge >= 0.3 is 12.4 Å². The van der Waals surface area contributed by atoms with E-state index in [9.17, 15) is 26.3 Å². The summed E-state index contributed by atoms with van der Waals surface area (Å²) in [5, 5.41) is 0. The van der Waals surface area contributed by atoms with Gasteiger partial charge in [0.1, 0.15) is 0 Å². The average molecular weight is 380 g/mol. The third-order valence-corrected chi connectivity index (χ3v) is 4.22. The monoisotopic (exact) mass is 380 g/mol. The second kappa shape index (κ2) is 6.76. The first-order chi connectivity index (χ1) is 12.6. The third kappa shape index (κ3) is 3.99. The summed E-state index contributed by atoms with van der Waals surface area (Å²) in [4.78, 5) is 0. The van der Waals surface area contributed by atoms with Crippen LogP contribution in [0.1, 0.15) is 16.7 Å². The summed E-state index contributed by atoms with van der Waals surface area (Å²) in [6, 6.07) is 14.7. The lowest BCUT2D eigenvalue weighted by molar-refractivity contribution is -0.137. The molecule has 27 heavy (non-hydrogen) atoms. The highest BCUT2D eigenvalue weighted by molar-refractivity contribution is 5.74. The fraction of sp³-hybridized carbons (Fsp3) is 0.143. The van der Waals surface area contributed by atoms with Crippen molar-refractivity contribution in [2.24, 2.45) is 0 Å². The second-order valence-corrected chi connectivity index (χ2v) is 6.17. The summed E-state index contributed by atoms with van der Waals surface area (Å²) in [5.74, 6) is 0. The molecule has 0 bridgehead atoms. The molecule has 0 N–H and O–H groups in total. The van der Waals surface area contributed by atoms with Gasteiger partial charge in [-0.25, -0.2) is 0 Å². The summed E-state index contributed by atoms with van der Waals surface area (Å²) >= 11 is 0. The van der Waals surface area contributed by atoms with Crippen molar-refractivity contribution in [3.8, 4) is 22.3 Å². The molecule has 0 unspecified atom stereocenters. The van der Waals surface area contributed by atoms with E-state index in [1.807, 2.05) is 0 Å². The average Bonchev–Trinajstić information content (AvgIpc) is 2.60. The Kier molecular flexibility index (Phi) is 4.76. The molecule has 0 nitrogen and oxygen atoms in total. The van der Waals surface area contributed by atoms with Crippen LogP contribution in [0.15, 0.2) is 66.7 Å². The van der Waals surface area contributed by atoms with Gasteiger partial charge < -0.3 is 0 Å². The Labute approximate surface area is 152 Å². The van der Waals surface area contributed by atoms with E-state index >= 15 is 0 Å². The lowest BCUT2D eigenvalue weighted by Crippen LogP contribution is -2.08. The molecule has 0 spiro atoms. The molecular formula is C21H14F6. The van der Waals surface area contributed by atoms with Crippen LogP contribution < -0.4 is 0 Å². The van der Waals surface area contributed by atoms with Gasteiger partial charge in [-0.05, 0) is 41.3 Å². The summed E-state index contributed by atoms with van der Waals surface area (Å²) in [6.45, 7) is 1.57. The quantitative estimate of drug-likeness (QED) is 0.407. The molecule has 0 saturated heterocycles. The summed E-state index contributed by atoms with van der Waals surface area (Å²) in [6.07, 6.45) is -9.04. The maximum absolute atomic E-state index is 13.3. The molecule has 0 heterocycles. The zero-order valence-corrected chi connectivity index (χ0v) is 14.1. The van der Waals surface area contributed by atoms with Crippen molar-refractivity contribution in [3.05, 3.63) is 83.4 Å². The zero-order valence-electron chi connectivity index (χ0n) is 14.1.